The number of fused-ring (bicyclic) bond motifs is 1. The largest absolute Gasteiger partial charge is 0.478 e. The molecule has 3 aromatic rings. The highest BCUT2D eigenvalue weighted by molar-refractivity contribution is 7.90. The molecule has 0 spiro atoms. The molecule has 4 rings (SSSR count). The van der Waals surface area contributed by atoms with Crippen molar-refractivity contribution >= 4 is 21.9 Å². The van der Waals surface area contributed by atoms with Crippen molar-refractivity contribution in [1.82, 2.24) is 4.72 Å². The molecule has 0 aromatic heterocycles. The molecule has 2 N–H and O–H groups in total. The first kappa shape index (κ1) is 25.1. The average molecular weight is 512 g/mol. The van der Waals surface area contributed by atoms with Crippen molar-refractivity contribution in [3.8, 4) is 17.2 Å². The molecule has 1 unspecified atom stereocenters. The predicted molar refractivity (Wildman–Crippen MR) is 130 cm³/mol. The Morgan fingerprint density at radius 2 is 1.61 bits per heavy atom. The van der Waals surface area contributed by atoms with Crippen LogP contribution in [0.5, 0.6) is 17.2 Å². The molecule has 1 amide bonds. The molecule has 0 saturated carbocycles. The van der Waals surface area contributed by atoms with Gasteiger partial charge in [-0.3, -0.25) is 4.79 Å². The number of sulfonamides is 1. The quantitative estimate of drug-likeness (QED) is 0.461. The summed E-state index contributed by atoms with van der Waals surface area (Å²) < 4.78 is 44.7. The standard InChI is InChI=1S/C26H25NO8S/c1-15(2)17-4-8-20(9-5-17)36(31,32)27-25(28)24(18-6-11-22-23(13-18)34-14-33-22)35-21-10-7-19(26(29)30)12-16(21)3/h4-13,15,24H,14H2,1-3H3,(H,27,28)(H,29,30). The normalized spacial score (nSPS) is 13.3. The molecular weight excluding hydrogens is 486 g/mol. The Morgan fingerprint density at radius 1 is 0.944 bits per heavy atom. The minimum absolute atomic E-state index is 0.0209. The topological polar surface area (TPSA) is 128 Å². The Bertz CT molecular complexity index is 1410. The molecule has 0 aliphatic carbocycles. The van der Waals surface area contributed by atoms with E-state index in [9.17, 15) is 23.1 Å². The molecule has 0 saturated heterocycles. The van der Waals surface area contributed by atoms with E-state index in [0.29, 0.717) is 22.6 Å². The second-order valence-corrected chi connectivity index (χ2v) is 10.3. The number of carboxylic acids is 1. The summed E-state index contributed by atoms with van der Waals surface area (Å²) in [6, 6.07) is 15.1. The maximum atomic E-state index is 13.3. The monoisotopic (exact) mass is 511 g/mol. The lowest BCUT2D eigenvalue weighted by atomic mass is 10.0. The number of carbonyl (C=O) groups is 2. The SMILES string of the molecule is Cc1cc(C(=O)O)ccc1OC(C(=O)NS(=O)(=O)c1ccc(C(C)C)cc1)c1ccc2c(c1)OCO2. The Labute approximate surface area is 208 Å². The summed E-state index contributed by atoms with van der Waals surface area (Å²) in [5, 5.41) is 9.22. The number of benzene rings is 3. The molecule has 188 valence electrons. The van der Waals surface area contributed by atoms with Crippen LogP contribution in [0.15, 0.2) is 65.6 Å². The molecule has 1 aliphatic rings. The molecule has 10 heteroatoms. The van der Waals surface area contributed by atoms with E-state index in [1.54, 1.807) is 31.2 Å². The number of rotatable bonds is 8. The van der Waals surface area contributed by atoms with Gasteiger partial charge in [0.2, 0.25) is 12.9 Å². The fourth-order valence-electron chi connectivity index (χ4n) is 3.67. The highest BCUT2D eigenvalue weighted by atomic mass is 32.2. The third-order valence-electron chi connectivity index (χ3n) is 5.70. The Hall–Kier alpha value is -4.05. The molecule has 1 atom stereocenters. The van der Waals surface area contributed by atoms with E-state index in [2.05, 4.69) is 4.72 Å². The van der Waals surface area contributed by atoms with Crippen LogP contribution < -0.4 is 18.9 Å². The molecule has 36 heavy (non-hydrogen) atoms. The van der Waals surface area contributed by atoms with Gasteiger partial charge in [-0.1, -0.05) is 32.0 Å². The van der Waals surface area contributed by atoms with Crippen molar-refractivity contribution in [3.05, 3.63) is 82.9 Å². The third kappa shape index (κ3) is 5.28. The number of amides is 1. The van der Waals surface area contributed by atoms with Crippen molar-refractivity contribution in [2.75, 3.05) is 6.79 Å². The van der Waals surface area contributed by atoms with E-state index in [1.807, 2.05) is 13.8 Å². The highest BCUT2D eigenvalue weighted by Gasteiger charge is 2.30. The van der Waals surface area contributed by atoms with Gasteiger partial charge in [0.25, 0.3) is 15.9 Å². The van der Waals surface area contributed by atoms with Crippen molar-refractivity contribution in [2.24, 2.45) is 0 Å². The van der Waals surface area contributed by atoms with Crippen LogP contribution in [0.4, 0.5) is 0 Å². The second-order valence-electron chi connectivity index (χ2n) is 8.59. The van der Waals surface area contributed by atoms with E-state index >= 15 is 0 Å². The maximum absolute atomic E-state index is 13.3. The Kier molecular flexibility index (Phi) is 6.89. The lowest BCUT2D eigenvalue weighted by Gasteiger charge is -2.21. The minimum Gasteiger partial charge on any atom is -0.478 e. The van der Waals surface area contributed by atoms with Gasteiger partial charge >= 0.3 is 5.97 Å². The van der Waals surface area contributed by atoms with Gasteiger partial charge in [-0.25, -0.2) is 17.9 Å². The van der Waals surface area contributed by atoms with Crippen LogP contribution in [0.1, 0.15) is 52.9 Å². The first-order chi connectivity index (χ1) is 17.0. The number of hydrogen-bond donors (Lipinski definition) is 2. The molecule has 0 fully saturated rings. The molecule has 9 nitrogen and oxygen atoms in total. The van der Waals surface area contributed by atoms with Crippen LogP contribution in [0.25, 0.3) is 0 Å². The van der Waals surface area contributed by atoms with E-state index < -0.39 is 28.0 Å². The molecule has 0 bridgehead atoms. The fourth-order valence-corrected chi connectivity index (χ4v) is 4.65. The molecule has 1 aliphatic heterocycles. The zero-order valence-electron chi connectivity index (χ0n) is 19.8. The van der Waals surface area contributed by atoms with Crippen LogP contribution in [0.2, 0.25) is 0 Å². The van der Waals surface area contributed by atoms with Crippen molar-refractivity contribution in [1.29, 1.82) is 0 Å². The lowest BCUT2D eigenvalue weighted by molar-refractivity contribution is -0.126. The minimum atomic E-state index is -4.20. The van der Waals surface area contributed by atoms with Crippen molar-refractivity contribution in [3.63, 3.8) is 0 Å². The highest BCUT2D eigenvalue weighted by Crippen LogP contribution is 2.36. The first-order valence-electron chi connectivity index (χ1n) is 11.1. The summed E-state index contributed by atoms with van der Waals surface area (Å²) in [5.74, 6) is -0.725. The van der Waals surface area contributed by atoms with E-state index in [4.69, 9.17) is 14.2 Å². The molecule has 3 aromatic carbocycles. The Balaban J connectivity index is 1.66. The number of hydrogen-bond acceptors (Lipinski definition) is 7. The van der Waals surface area contributed by atoms with Crippen LogP contribution >= 0.6 is 0 Å². The summed E-state index contributed by atoms with van der Waals surface area (Å²) in [6.07, 6.45) is -1.39. The van der Waals surface area contributed by atoms with E-state index in [-0.39, 0.29) is 28.9 Å². The van der Waals surface area contributed by atoms with E-state index in [1.165, 1.54) is 36.4 Å². The van der Waals surface area contributed by atoms with Gasteiger partial charge < -0.3 is 19.3 Å². The number of aromatic carboxylic acids is 1. The summed E-state index contributed by atoms with van der Waals surface area (Å²) in [6.45, 7) is 5.63. The second kappa shape index (κ2) is 9.90. The number of carbonyl (C=O) groups excluding carboxylic acids is 1. The van der Waals surface area contributed by atoms with Crippen LogP contribution in [0, 0.1) is 6.92 Å². The Morgan fingerprint density at radius 3 is 2.25 bits per heavy atom. The predicted octanol–water partition coefficient (Wildman–Crippen LogP) is 4.17. The van der Waals surface area contributed by atoms with Crippen LogP contribution in [0.3, 0.4) is 0 Å². The summed E-state index contributed by atoms with van der Waals surface area (Å²) in [7, 11) is -4.20. The number of carboxylic acid groups (broad SMARTS) is 1. The first-order valence-corrected chi connectivity index (χ1v) is 12.6. The lowest BCUT2D eigenvalue weighted by Crippen LogP contribution is -2.37. The zero-order valence-corrected chi connectivity index (χ0v) is 20.7. The third-order valence-corrected chi connectivity index (χ3v) is 7.06. The maximum Gasteiger partial charge on any atom is 0.335 e. The number of aryl methyl sites for hydroxylation is 1. The fraction of sp³-hybridized carbons (Fsp3) is 0.231. The number of ether oxygens (including phenoxy) is 3. The van der Waals surface area contributed by atoms with Crippen LogP contribution in [-0.2, 0) is 14.8 Å². The van der Waals surface area contributed by atoms with Crippen molar-refractivity contribution < 1.29 is 37.3 Å². The van der Waals surface area contributed by atoms with Gasteiger partial charge in [-0.05, 0) is 66.4 Å². The summed E-state index contributed by atoms with van der Waals surface area (Å²) >= 11 is 0. The van der Waals surface area contributed by atoms with Gasteiger partial charge in [0.15, 0.2) is 11.5 Å². The van der Waals surface area contributed by atoms with Gasteiger partial charge in [-0.2, -0.15) is 0 Å². The summed E-state index contributed by atoms with van der Waals surface area (Å²) in [4.78, 5) is 24.5. The van der Waals surface area contributed by atoms with Gasteiger partial charge in [-0.15, -0.1) is 0 Å². The van der Waals surface area contributed by atoms with Gasteiger partial charge in [0.1, 0.15) is 5.75 Å². The van der Waals surface area contributed by atoms with Crippen molar-refractivity contribution in [2.45, 2.75) is 37.7 Å². The average Bonchev–Trinajstić information content (AvgIpc) is 3.30. The molecule has 1 heterocycles. The molecule has 0 radical (unpaired) electrons. The number of nitrogens with one attached hydrogen (secondary N) is 1. The molecular formula is C26H25NO8S. The van der Waals surface area contributed by atoms with Gasteiger partial charge in [0.05, 0.1) is 10.5 Å². The zero-order chi connectivity index (χ0) is 26.0. The summed E-state index contributed by atoms with van der Waals surface area (Å²) in [5.41, 5.74) is 1.79. The van der Waals surface area contributed by atoms with Gasteiger partial charge in [0, 0.05) is 5.56 Å². The smallest absolute Gasteiger partial charge is 0.335 e. The van der Waals surface area contributed by atoms with E-state index in [0.717, 1.165) is 5.56 Å². The van der Waals surface area contributed by atoms with Crippen LogP contribution in [-0.4, -0.2) is 32.2 Å².